The molecule has 0 saturated carbocycles. The number of imide groups is 1. The van der Waals surface area contributed by atoms with E-state index >= 15 is 0 Å². The molecule has 2 fully saturated rings. The first-order valence-electron chi connectivity index (χ1n) is 8.67. The molecule has 0 aromatic rings. The monoisotopic (exact) mass is 340 g/mol. The van der Waals surface area contributed by atoms with Gasteiger partial charge in [0, 0.05) is 29.7 Å². The lowest BCUT2D eigenvalue weighted by atomic mass is 9.34. The molecule has 3 rings (SSSR count). The molecule has 0 spiro atoms. The molecule has 0 radical (unpaired) electrons. The molecule has 1 aliphatic carbocycles. The molecule has 130 valence electrons. The molecule has 25 heavy (non-hydrogen) atoms. The maximum Gasteiger partial charge on any atom is 0.271 e. The Balaban J connectivity index is 1.61. The van der Waals surface area contributed by atoms with Gasteiger partial charge in [0.25, 0.3) is 12.6 Å². The van der Waals surface area contributed by atoms with Gasteiger partial charge in [-0.3, -0.25) is 19.7 Å². The largest absolute Gasteiger partial charge is 0.387 e. The highest BCUT2D eigenvalue weighted by Gasteiger charge is 2.34. The fraction of sp³-hybridized carbons (Fsp3) is 0.529. The molecule has 3 N–H and O–H groups in total. The van der Waals surface area contributed by atoms with Crippen molar-refractivity contribution in [3.8, 4) is 5.97 Å². The van der Waals surface area contributed by atoms with E-state index < -0.39 is 11.9 Å². The minimum atomic E-state index is -0.666. The molecule has 1 unspecified atom stereocenters. The van der Waals surface area contributed by atoms with Crippen LogP contribution < -0.4 is 16.0 Å². The number of amides is 3. The lowest BCUT2D eigenvalue weighted by molar-refractivity contribution is -0.136. The molecule has 0 aromatic carbocycles. The van der Waals surface area contributed by atoms with Gasteiger partial charge in [0.05, 0.1) is 0 Å². The topological polar surface area (TPSA) is 111 Å². The number of nitrogens with one attached hydrogen (secondary N) is 3. The van der Waals surface area contributed by atoms with E-state index in [0.29, 0.717) is 18.0 Å². The van der Waals surface area contributed by atoms with Crippen LogP contribution in [0.15, 0.2) is 22.9 Å². The van der Waals surface area contributed by atoms with Crippen molar-refractivity contribution < 1.29 is 14.4 Å². The Bertz CT molecular complexity index is 716. The second kappa shape index (κ2) is 7.13. The smallest absolute Gasteiger partial charge is 0.271 e. The molecular formula is C17H21BN4O3. The zero-order valence-corrected chi connectivity index (χ0v) is 14.2. The van der Waals surface area contributed by atoms with Crippen LogP contribution in [0.25, 0.3) is 0 Å². The Labute approximate surface area is 147 Å². The number of rotatable bonds is 4. The third-order valence-electron chi connectivity index (χ3n) is 5.05. The maximum absolute atomic E-state index is 12.6. The second-order valence-corrected chi connectivity index (χ2v) is 6.98. The molecule has 0 bridgehead atoms. The van der Waals surface area contributed by atoms with Crippen LogP contribution in [-0.4, -0.2) is 36.5 Å². The summed E-state index contributed by atoms with van der Waals surface area (Å²) in [6.07, 6.45) is 5.72. The average Bonchev–Trinajstić information content (AvgIpc) is 2.54. The van der Waals surface area contributed by atoms with Crippen LogP contribution in [-0.2, 0) is 14.4 Å². The van der Waals surface area contributed by atoms with Crippen molar-refractivity contribution in [2.45, 2.75) is 57.3 Å². The summed E-state index contributed by atoms with van der Waals surface area (Å²) in [7, 11) is 0. The lowest BCUT2D eigenvalue weighted by Gasteiger charge is -2.32. The molecular weight excluding hydrogens is 319 g/mol. The standard InChI is InChI=1S/C17H21BN4O3/c1-10-2-3-11(20-12-7-18(8-12)9-19)6-13(10)16(24)21-14-4-5-15(23)22-17(14)25/h6,12,14,20H,2-5,7-8H2,1H3,(H,21,24)(H,22,23,25). The number of carbonyl (C=O) groups is 3. The van der Waals surface area contributed by atoms with Crippen molar-refractivity contribution in [1.82, 2.24) is 16.0 Å². The predicted octanol–water partition coefficient (Wildman–Crippen LogP) is 0.431. The first-order valence-corrected chi connectivity index (χ1v) is 8.67. The second-order valence-electron chi connectivity index (χ2n) is 6.98. The van der Waals surface area contributed by atoms with E-state index in [0.717, 1.165) is 36.8 Å². The summed E-state index contributed by atoms with van der Waals surface area (Å²) in [5.74, 6) is 1.23. The van der Waals surface area contributed by atoms with Gasteiger partial charge in [0.2, 0.25) is 11.8 Å². The number of hydrogen-bond acceptors (Lipinski definition) is 5. The highest BCUT2D eigenvalue weighted by molar-refractivity contribution is 6.70. The van der Waals surface area contributed by atoms with Crippen LogP contribution in [0.4, 0.5) is 0 Å². The SMILES string of the molecule is CC1=C(C(=O)NC2CCC(=O)NC2=O)C=C(NC2CB(C#N)C2)CC1. The van der Waals surface area contributed by atoms with Gasteiger partial charge in [-0.2, -0.15) is 0 Å². The number of carbonyl (C=O) groups excluding carboxylic acids is 3. The fourth-order valence-electron chi connectivity index (χ4n) is 3.37. The Morgan fingerprint density at radius 2 is 2.08 bits per heavy atom. The normalized spacial score (nSPS) is 24.1. The Hall–Kier alpha value is -2.56. The number of piperidine rings is 1. The molecule has 7 nitrogen and oxygen atoms in total. The fourth-order valence-corrected chi connectivity index (χ4v) is 3.37. The van der Waals surface area contributed by atoms with Gasteiger partial charge < -0.3 is 10.6 Å². The molecule has 2 saturated heterocycles. The summed E-state index contributed by atoms with van der Waals surface area (Å²) in [6, 6.07) is -0.367. The van der Waals surface area contributed by atoms with Crippen molar-refractivity contribution in [2.75, 3.05) is 0 Å². The maximum atomic E-state index is 12.6. The van der Waals surface area contributed by atoms with E-state index in [1.807, 2.05) is 13.0 Å². The molecule has 1 atom stereocenters. The first-order chi connectivity index (χ1) is 12.0. The summed E-state index contributed by atoms with van der Waals surface area (Å²) in [5.41, 5.74) is 2.56. The number of nitrogens with zero attached hydrogens (tertiary/aromatic N) is 1. The van der Waals surface area contributed by atoms with Gasteiger partial charge >= 0.3 is 0 Å². The van der Waals surface area contributed by atoms with Crippen LogP contribution in [0, 0.1) is 11.2 Å². The molecule has 0 aromatic heterocycles. The first kappa shape index (κ1) is 17.3. The van der Waals surface area contributed by atoms with E-state index in [1.54, 1.807) is 0 Å². The highest BCUT2D eigenvalue weighted by atomic mass is 16.2. The molecule has 3 aliphatic rings. The van der Waals surface area contributed by atoms with E-state index in [1.165, 1.54) is 0 Å². The summed E-state index contributed by atoms with van der Waals surface area (Å²) < 4.78 is 0. The van der Waals surface area contributed by atoms with E-state index in [4.69, 9.17) is 5.26 Å². The Morgan fingerprint density at radius 1 is 1.32 bits per heavy atom. The van der Waals surface area contributed by atoms with Crippen molar-refractivity contribution >= 4 is 24.4 Å². The van der Waals surface area contributed by atoms with Gasteiger partial charge in [0.15, 0.2) is 0 Å². The summed E-state index contributed by atoms with van der Waals surface area (Å²) in [6.45, 7) is 2.05. The number of allylic oxidation sites excluding steroid dienone is 2. The Morgan fingerprint density at radius 3 is 2.76 bits per heavy atom. The van der Waals surface area contributed by atoms with Crippen LogP contribution >= 0.6 is 0 Å². The number of hydrogen-bond donors (Lipinski definition) is 3. The minimum absolute atomic E-state index is 0.134. The quantitative estimate of drug-likeness (QED) is 0.508. The van der Waals surface area contributed by atoms with Crippen molar-refractivity contribution in [1.29, 1.82) is 5.26 Å². The Kier molecular flexibility index (Phi) is 4.93. The van der Waals surface area contributed by atoms with Gasteiger partial charge in [-0.05, 0) is 44.9 Å². The summed E-state index contributed by atoms with van der Waals surface area (Å²) in [5, 5.41) is 17.2. The molecule has 2 heterocycles. The zero-order chi connectivity index (χ0) is 18.0. The lowest BCUT2D eigenvalue weighted by Crippen LogP contribution is -2.52. The molecule has 8 heteroatoms. The summed E-state index contributed by atoms with van der Waals surface area (Å²) in [4.78, 5) is 35.6. The van der Waals surface area contributed by atoms with Gasteiger partial charge in [-0.25, -0.2) is 5.26 Å². The van der Waals surface area contributed by atoms with Crippen molar-refractivity contribution in [3.05, 3.63) is 22.9 Å². The third-order valence-corrected chi connectivity index (χ3v) is 5.05. The van der Waals surface area contributed by atoms with Gasteiger partial charge in [-0.1, -0.05) is 5.57 Å². The van der Waals surface area contributed by atoms with Crippen LogP contribution in [0.5, 0.6) is 0 Å². The predicted molar refractivity (Wildman–Crippen MR) is 92.2 cm³/mol. The highest BCUT2D eigenvalue weighted by Crippen LogP contribution is 2.27. The van der Waals surface area contributed by atoms with E-state index in [9.17, 15) is 14.4 Å². The van der Waals surface area contributed by atoms with E-state index in [2.05, 4.69) is 21.9 Å². The van der Waals surface area contributed by atoms with Gasteiger partial charge in [0.1, 0.15) is 6.04 Å². The number of nitriles is 1. The van der Waals surface area contributed by atoms with Crippen molar-refractivity contribution in [3.63, 3.8) is 0 Å². The summed E-state index contributed by atoms with van der Waals surface area (Å²) >= 11 is 0. The minimum Gasteiger partial charge on any atom is -0.387 e. The van der Waals surface area contributed by atoms with Crippen molar-refractivity contribution in [2.24, 2.45) is 0 Å². The zero-order valence-electron chi connectivity index (χ0n) is 14.2. The third kappa shape index (κ3) is 3.93. The average molecular weight is 340 g/mol. The van der Waals surface area contributed by atoms with E-state index in [-0.39, 0.29) is 24.9 Å². The molecule has 3 amide bonds. The van der Waals surface area contributed by atoms with Crippen LogP contribution in [0.2, 0.25) is 12.6 Å². The van der Waals surface area contributed by atoms with Crippen LogP contribution in [0.3, 0.4) is 0 Å². The molecule has 2 aliphatic heterocycles. The van der Waals surface area contributed by atoms with Crippen LogP contribution in [0.1, 0.15) is 32.6 Å². The van der Waals surface area contributed by atoms with Gasteiger partial charge in [-0.15, -0.1) is 0 Å².